The molecule has 0 spiro atoms. The smallest absolute Gasteiger partial charge is 0.0659 e. The van der Waals surface area contributed by atoms with Gasteiger partial charge in [0.1, 0.15) is 0 Å². The third kappa shape index (κ3) is 3.13. The van der Waals surface area contributed by atoms with E-state index in [1.807, 2.05) is 23.9 Å². The lowest BCUT2D eigenvalue weighted by atomic mass is 10.0. The molecule has 1 heterocycles. The van der Waals surface area contributed by atoms with Crippen LogP contribution in [0.25, 0.3) is 0 Å². The van der Waals surface area contributed by atoms with E-state index >= 15 is 0 Å². The van der Waals surface area contributed by atoms with E-state index in [9.17, 15) is 0 Å². The molecular weight excluding hydrogens is 222 g/mol. The first-order valence-corrected chi connectivity index (χ1v) is 6.55. The van der Waals surface area contributed by atoms with Crippen LogP contribution >= 0.6 is 0 Å². The molecule has 0 saturated carbocycles. The van der Waals surface area contributed by atoms with Gasteiger partial charge in [-0.2, -0.15) is 5.10 Å². The molecule has 0 saturated heterocycles. The Balaban J connectivity index is 2.14. The molecule has 2 aromatic rings. The molecule has 0 atom stereocenters. The molecule has 18 heavy (non-hydrogen) atoms. The summed E-state index contributed by atoms with van der Waals surface area (Å²) in [7, 11) is 1.99. The number of anilines is 1. The van der Waals surface area contributed by atoms with Gasteiger partial charge < -0.3 is 5.73 Å². The van der Waals surface area contributed by atoms with Crippen LogP contribution in [0.2, 0.25) is 0 Å². The summed E-state index contributed by atoms with van der Waals surface area (Å²) in [6.07, 6.45) is 6.54. The van der Waals surface area contributed by atoms with Crippen molar-refractivity contribution in [2.75, 3.05) is 5.73 Å². The van der Waals surface area contributed by atoms with Crippen molar-refractivity contribution in [3.05, 3.63) is 47.3 Å². The van der Waals surface area contributed by atoms with Gasteiger partial charge in [-0.15, -0.1) is 0 Å². The number of aryl methyl sites for hydroxylation is 2. The number of unbranched alkanes of at least 4 members (excludes halogenated alkanes) is 1. The maximum Gasteiger partial charge on any atom is 0.0659 e. The van der Waals surface area contributed by atoms with Crippen molar-refractivity contribution < 1.29 is 0 Å². The summed E-state index contributed by atoms with van der Waals surface area (Å²) in [5, 5.41) is 4.55. The highest BCUT2D eigenvalue weighted by molar-refractivity contribution is 5.40. The molecule has 1 aromatic heterocycles. The fourth-order valence-corrected chi connectivity index (χ4v) is 2.14. The van der Waals surface area contributed by atoms with Crippen LogP contribution in [-0.2, 0) is 19.9 Å². The molecule has 0 aliphatic heterocycles. The maximum atomic E-state index is 5.70. The van der Waals surface area contributed by atoms with E-state index in [2.05, 4.69) is 30.4 Å². The van der Waals surface area contributed by atoms with Crippen molar-refractivity contribution in [2.24, 2.45) is 7.05 Å². The van der Waals surface area contributed by atoms with Crippen LogP contribution in [0.15, 0.2) is 30.5 Å². The minimum absolute atomic E-state index is 0.816. The predicted molar refractivity (Wildman–Crippen MR) is 75.5 cm³/mol. The first-order valence-electron chi connectivity index (χ1n) is 6.55. The molecule has 2 N–H and O–H groups in total. The van der Waals surface area contributed by atoms with Crippen LogP contribution < -0.4 is 5.73 Å². The van der Waals surface area contributed by atoms with Gasteiger partial charge in [-0.05, 0) is 36.1 Å². The second-order valence-electron chi connectivity index (χ2n) is 4.80. The van der Waals surface area contributed by atoms with Gasteiger partial charge in [-0.3, -0.25) is 4.68 Å². The highest BCUT2D eigenvalue weighted by atomic mass is 15.2. The Labute approximate surface area is 109 Å². The average molecular weight is 243 g/mol. The van der Waals surface area contributed by atoms with Gasteiger partial charge >= 0.3 is 0 Å². The van der Waals surface area contributed by atoms with Gasteiger partial charge in [-0.1, -0.05) is 25.5 Å². The van der Waals surface area contributed by atoms with Crippen molar-refractivity contribution in [3.8, 4) is 0 Å². The van der Waals surface area contributed by atoms with Gasteiger partial charge in [0.25, 0.3) is 0 Å². The highest BCUT2D eigenvalue weighted by Crippen LogP contribution is 2.16. The predicted octanol–water partition coefficient (Wildman–Crippen LogP) is 2.94. The summed E-state index contributed by atoms with van der Waals surface area (Å²) in [6, 6.07) is 8.09. The number of hydrogen-bond donors (Lipinski definition) is 1. The first-order chi connectivity index (χ1) is 8.69. The second kappa shape index (κ2) is 5.71. The zero-order chi connectivity index (χ0) is 13.0. The number of nitrogens with two attached hydrogens (primary N) is 1. The van der Waals surface area contributed by atoms with Crippen LogP contribution in [0.4, 0.5) is 5.69 Å². The maximum absolute atomic E-state index is 5.70. The molecule has 3 nitrogen and oxygen atoms in total. The molecule has 0 fully saturated rings. The van der Waals surface area contributed by atoms with Crippen LogP contribution in [0, 0.1) is 0 Å². The summed E-state index contributed by atoms with van der Waals surface area (Å²) in [6.45, 7) is 2.21. The largest absolute Gasteiger partial charge is 0.399 e. The number of nitrogens with zero attached hydrogens (tertiary/aromatic N) is 2. The van der Waals surface area contributed by atoms with Crippen LogP contribution in [0.1, 0.15) is 36.6 Å². The quantitative estimate of drug-likeness (QED) is 0.820. The number of benzene rings is 1. The van der Waals surface area contributed by atoms with E-state index < -0.39 is 0 Å². The van der Waals surface area contributed by atoms with Gasteiger partial charge in [0.2, 0.25) is 0 Å². The summed E-state index contributed by atoms with van der Waals surface area (Å²) in [5.41, 5.74) is 10.4. The minimum Gasteiger partial charge on any atom is -0.399 e. The highest BCUT2D eigenvalue weighted by Gasteiger charge is 2.08. The van der Waals surface area contributed by atoms with E-state index in [-0.39, 0.29) is 0 Å². The van der Waals surface area contributed by atoms with E-state index in [1.54, 1.807) is 0 Å². The fourth-order valence-electron chi connectivity index (χ4n) is 2.14. The Bertz CT molecular complexity index is 497. The van der Waals surface area contributed by atoms with E-state index in [4.69, 9.17) is 5.73 Å². The van der Waals surface area contributed by atoms with Crippen LogP contribution in [-0.4, -0.2) is 9.78 Å². The lowest BCUT2D eigenvalue weighted by Crippen LogP contribution is -1.95. The fraction of sp³-hybridized carbons (Fsp3) is 0.400. The van der Waals surface area contributed by atoms with Gasteiger partial charge in [0.15, 0.2) is 0 Å². The van der Waals surface area contributed by atoms with Crippen molar-refractivity contribution in [3.63, 3.8) is 0 Å². The standard InChI is InChI=1S/C15H21N3/c1-3-4-5-15-13(11-18(2)17-15)10-12-6-8-14(16)9-7-12/h6-9,11H,3-5,10,16H2,1-2H3. The molecule has 0 unspecified atom stereocenters. The molecule has 96 valence electrons. The SMILES string of the molecule is CCCCc1nn(C)cc1Cc1ccc(N)cc1. The summed E-state index contributed by atoms with van der Waals surface area (Å²) in [5.74, 6) is 0. The Morgan fingerprint density at radius 1 is 1.22 bits per heavy atom. The Hall–Kier alpha value is -1.77. The first kappa shape index (κ1) is 12.7. The molecule has 0 aliphatic carbocycles. The molecule has 0 aliphatic rings. The zero-order valence-electron chi connectivity index (χ0n) is 11.2. The number of rotatable bonds is 5. The van der Waals surface area contributed by atoms with Crippen molar-refractivity contribution in [2.45, 2.75) is 32.6 Å². The topological polar surface area (TPSA) is 43.8 Å². The van der Waals surface area contributed by atoms with Crippen LogP contribution in [0.5, 0.6) is 0 Å². The summed E-state index contributed by atoms with van der Waals surface area (Å²) in [4.78, 5) is 0. The Morgan fingerprint density at radius 2 is 1.94 bits per heavy atom. The van der Waals surface area contributed by atoms with Gasteiger partial charge in [-0.25, -0.2) is 0 Å². The average Bonchev–Trinajstić information content (AvgIpc) is 2.70. The molecule has 0 radical (unpaired) electrons. The summed E-state index contributed by atoms with van der Waals surface area (Å²) < 4.78 is 1.91. The lowest BCUT2D eigenvalue weighted by Gasteiger charge is -2.03. The molecule has 0 amide bonds. The monoisotopic (exact) mass is 243 g/mol. The van der Waals surface area contributed by atoms with Crippen LogP contribution in [0.3, 0.4) is 0 Å². The van der Waals surface area contributed by atoms with E-state index in [0.29, 0.717) is 0 Å². The molecular formula is C15H21N3. The molecule has 1 aromatic carbocycles. The second-order valence-corrected chi connectivity index (χ2v) is 4.80. The van der Waals surface area contributed by atoms with Crippen molar-refractivity contribution in [1.82, 2.24) is 9.78 Å². The Morgan fingerprint density at radius 3 is 2.61 bits per heavy atom. The van der Waals surface area contributed by atoms with Gasteiger partial charge in [0, 0.05) is 25.4 Å². The van der Waals surface area contributed by atoms with Gasteiger partial charge in [0.05, 0.1) is 5.69 Å². The summed E-state index contributed by atoms with van der Waals surface area (Å²) >= 11 is 0. The minimum atomic E-state index is 0.816. The van der Waals surface area contributed by atoms with Crippen molar-refractivity contribution in [1.29, 1.82) is 0 Å². The van der Waals surface area contributed by atoms with Crippen molar-refractivity contribution >= 4 is 5.69 Å². The number of nitrogen functional groups attached to an aromatic ring is 1. The molecule has 0 bridgehead atoms. The third-order valence-corrected chi connectivity index (χ3v) is 3.13. The molecule has 3 heteroatoms. The Kier molecular flexibility index (Phi) is 4.03. The van der Waals surface area contributed by atoms with E-state index in [1.165, 1.54) is 29.7 Å². The lowest BCUT2D eigenvalue weighted by molar-refractivity contribution is 0.712. The zero-order valence-corrected chi connectivity index (χ0v) is 11.2. The normalized spacial score (nSPS) is 10.8. The number of hydrogen-bond acceptors (Lipinski definition) is 2. The molecule has 2 rings (SSSR count). The van der Waals surface area contributed by atoms with E-state index in [0.717, 1.165) is 18.5 Å². The third-order valence-electron chi connectivity index (χ3n) is 3.13. The number of aromatic nitrogens is 2.